The second-order valence-corrected chi connectivity index (χ2v) is 10.3. The first-order chi connectivity index (χ1) is 17.4. The lowest BCUT2D eigenvalue weighted by Crippen LogP contribution is -2.39. The van der Waals surface area contributed by atoms with Gasteiger partial charge < -0.3 is 20.3 Å². The molecule has 4 rings (SSSR count). The molecule has 196 valence electrons. The smallest absolute Gasteiger partial charge is 0.333 e. The number of hydrogen-bond donors (Lipinski definition) is 3. The van der Waals surface area contributed by atoms with Crippen LogP contribution in [0.4, 0.5) is 0 Å². The summed E-state index contributed by atoms with van der Waals surface area (Å²) in [7, 11) is 0. The number of Topliss-reactive ketones (excluding diaryl/α,β-unsaturated/α-hetero) is 1. The summed E-state index contributed by atoms with van der Waals surface area (Å²) in [6.45, 7) is 8.78. The van der Waals surface area contributed by atoms with E-state index in [4.69, 9.17) is 4.74 Å². The molecule has 0 spiro atoms. The van der Waals surface area contributed by atoms with Gasteiger partial charge in [0.1, 0.15) is 17.5 Å². The summed E-state index contributed by atoms with van der Waals surface area (Å²) < 4.78 is 5.64. The fourth-order valence-corrected chi connectivity index (χ4v) is 5.21. The third kappa shape index (κ3) is 4.44. The van der Waals surface area contributed by atoms with E-state index in [2.05, 4.69) is 5.32 Å². The molecule has 0 radical (unpaired) electrons. The van der Waals surface area contributed by atoms with Crippen LogP contribution in [0, 0.1) is 24.7 Å². The molecule has 2 heterocycles. The topological polar surface area (TPSA) is 130 Å². The van der Waals surface area contributed by atoms with Gasteiger partial charge in [0.25, 0.3) is 0 Å². The predicted octanol–water partition coefficient (Wildman–Crippen LogP) is 3.79. The number of aromatic hydroxyl groups is 1. The quantitative estimate of drug-likeness (QED) is 0.389. The number of benzene rings is 1. The molecule has 37 heavy (non-hydrogen) atoms. The molecule has 1 saturated heterocycles. The van der Waals surface area contributed by atoms with Crippen molar-refractivity contribution < 1.29 is 34.1 Å². The first kappa shape index (κ1) is 26.5. The lowest BCUT2D eigenvalue weighted by molar-refractivity contribution is -0.144. The monoisotopic (exact) mass is 507 g/mol. The summed E-state index contributed by atoms with van der Waals surface area (Å²) in [5, 5.41) is 25.4. The molecule has 3 N–H and O–H groups in total. The third-order valence-electron chi connectivity index (χ3n) is 7.83. The molecular weight excluding hydrogens is 474 g/mol. The Morgan fingerprint density at radius 1 is 1.11 bits per heavy atom. The fraction of sp³-hybridized carbons (Fsp3) is 0.448. The van der Waals surface area contributed by atoms with E-state index in [1.165, 1.54) is 19.1 Å². The maximum absolute atomic E-state index is 13.5. The first-order valence-corrected chi connectivity index (χ1v) is 12.7. The van der Waals surface area contributed by atoms with E-state index in [1.54, 1.807) is 13.8 Å². The Balaban J connectivity index is 1.95. The summed E-state index contributed by atoms with van der Waals surface area (Å²) in [6, 6.07) is 1.43. The van der Waals surface area contributed by atoms with Crippen LogP contribution < -0.4 is 5.32 Å². The van der Waals surface area contributed by atoms with Gasteiger partial charge in [-0.05, 0) is 51.2 Å². The van der Waals surface area contributed by atoms with Crippen molar-refractivity contribution in [3.63, 3.8) is 0 Å². The molecule has 3 aliphatic rings. The molecule has 0 aromatic heterocycles. The van der Waals surface area contributed by atoms with Crippen LogP contribution in [0.2, 0.25) is 0 Å². The number of phenolic OH excluding ortho intramolecular Hbond substituents is 1. The van der Waals surface area contributed by atoms with E-state index < -0.39 is 41.1 Å². The van der Waals surface area contributed by atoms with Crippen molar-refractivity contribution in [3.05, 3.63) is 63.9 Å². The highest BCUT2D eigenvalue weighted by atomic mass is 16.5. The summed E-state index contributed by atoms with van der Waals surface area (Å²) >= 11 is 0. The van der Waals surface area contributed by atoms with Crippen LogP contribution in [-0.4, -0.2) is 39.8 Å². The minimum Gasteiger partial charge on any atom is -0.507 e. The third-order valence-corrected chi connectivity index (χ3v) is 7.83. The number of nitrogens with one attached hydrogen (secondary N) is 1. The lowest BCUT2D eigenvalue weighted by atomic mass is 9.72. The number of esters is 1. The van der Waals surface area contributed by atoms with E-state index in [1.807, 2.05) is 26.0 Å². The molecule has 1 amide bonds. The minimum absolute atomic E-state index is 0.0314. The molecule has 8 heteroatoms. The van der Waals surface area contributed by atoms with Gasteiger partial charge in [0, 0.05) is 35.1 Å². The number of hydrogen-bond acceptors (Lipinski definition) is 7. The van der Waals surface area contributed by atoms with Crippen LogP contribution in [0.25, 0.3) is 0 Å². The summed E-state index contributed by atoms with van der Waals surface area (Å²) in [5.74, 6) is -3.86. The van der Waals surface area contributed by atoms with Gasteiger partial charge in [-0.25, -0.2) is 4.79 Å². The zero-order chi connectivity index (χ0) is 27.2. The molecule has 0 saturated carbocycles. The molecule has 1 aromatic carbocycles. The SMILES string of the molecule is CC[C@@H]1/C=C\[C@H](C)[C@H](C)OC(=O)/C(C)=C\[C@@H]2C(=O)NC3=CC(=O)c4c(cc(C)c(O)c4C(=O)CC1)[C@@]32O. The molecule has 2 aliphatic heterocycles. The number of aliphatic hydroxyl groups is 1. The molecule has 1 fully saturated rings. The molecule has 5 atom stereocenters. The number of rotatable bonds is 1. The van der Waals surface area contributed by atoms with E-state index in [-0.39, 0.29) is 57.5 Å². The zero-order valence-electron chi connectivity index (χ0n) is 21.8. The van der Waals surface area contributed by atoms with E-state index in [0.717, 1.165) is 12.5 Å². The van der Waals surface area contributed by atoms with Gasteiger partial charge in [-0.15, -0.1) is 0 Å². The number of ketones is 2. The molecule has 1 aliphatic carbocycles. The van der Waals surface area contributed by atoms with Crippen LogP contribution in [-0.2, 0) is 19.9 Å². The molecule has 4 bridgehead atoms. The van der Waals surface area contributed by atoms with Gasteiger partial charge in [-0.3, -0.25) is 14.4 Å². The van der Waals surface area contributed by atoms with Gasteiger partial charge in [0.05, 0.1) is 17.2 Å². The van der Waals surface area contributed by atoms with Crippen LogP contribution in [0.1, 0.15) is 78.8 Å². The van der Waals surface area contributed by atoms with Crippen molar-refractivity contribution in [3.8, 4) is 5.75 Å². The maximum atomic E-state index is 13.5. The van der Waals surface area contributed by atoms with Crippen LogP contribution in [0.3, 0.4) is 0 Å². The minimum atomic E-state index is -2.03. The highest BCUT2D eigenvalue weighted by Crippen LogP contribution is 2.49. The standard InChI is InChI=1S/C29H33NO7/c1-6-18-8-7-14(2)17(5)37-28(35)16(4)12-20-27(34)30-23-13-22(32)24-19(29(20,23)36)11-15(3)26(33)25(24)21(31)10-9-18/h7-8,11-14,17-18,20,33,36H,6,9-10H2,1-5H3,(H,30,34)/b8-7-,16-12-/t14-,17-,18+,20+,29-/m0/s1. The molecular formula is C29H33NO7. The summed E-state index contributed by atoms with van der Waals surface area (Å²) in [5.41, 5.74) is -1.87. The van der Waals surface area contributed by atoms with Gasteiger partial charge >= 0.3 is 5.97 Å². The Kier molecular flexibility index (Phi) is 6.99. The Morgan fingerprint density at radius 2 is 1.81 bits per heavy atom. The first-order valence-electron chi connectivity index (χ1n) is 12.7. The van der Waals surface area contributed by atoms with E-state index in [0.29, 0.717) is 6.42 Å². The lowest BCUT2D eigenvalue weighted by Gasteiger charge is -2.34. The number of carbonyl (C=O) groups is 4. The van der Waals surface area contributed by atoms with Crippen LogP contribution in [0.15, 0.2) is 41.6 Å². The van der Waals surface area contributed by atoms with Crippen LogP contribution >= 0.6 is 0 Å². The average molecular weight is 508 g/mol. The van der Waals surface area contributed by atoms with Crippen molar-refractivity contribution in [2.75, 3.05) is 0 Å². The Bertz CT molecular complexity index is 1290. The maximum Gasteiger partial charge on any atom is 0.333 e. The average Bonchev–Trinajstić information content (AvgIpc) is 3.09. The van der Waals surface area contributed by atoms with Crippen molar-refractivity contribution >= 4 is 23.4 Å². The van der Waals surface area contributed by atoms with E-state index in [9.17, 15) is 29.4 Å². The second kappa shape index (κ2) is 9.74. The number of amides is 1. The van der Waals surface area contributed by atoms with Crippen molar-refractivity contribution in [2.24, 2.45) is 17.8 Å². The molecule has 0 unspecified atom stereocenters. The number of cyclic esters (lactones) is 1. The van der Waals surface area contributed by atoms with Crippen molar-refractivity contribution in [2.45, 2.75) is 65.6 Å². The van der Waals surface area contributed by atoms with Gasteiger partial charge in [0.15, 0.2) is 11.6 Å². The van der Waals surface area contributed by atoms with Crippen molar-refractivity contribution in [1.82, 2.24) is 5.32 Å². The number of phenols is 1. The highest BCUT2D eigenvalue weighted by Gasteiger charge is 2.55. The van der Waals surface area contributed by atoms with Gasteiger partial charge in [-0.1, -0.05) is 32.1 Å². The number of allylic oxidation sites excluding steroid dienone is 2. The normalized spacial score (nSPS) is 32.6. The highest BCUT2D eigenvalue weighted by molar-refractivity contribution is 6.17. The largest absolute Gasteiger partial charge is 0.507 e. The predicted molar refractivity (Wildman–Crippen MR) is 136 cm³/mol. The number of ether oxygens (including phenoxy) is 1. The number of aryl methyl sites for hydroxylation is 1. The van der Waals surface area contributed by atoms with Crippen LogP contribution in [0.5, 0.6) is 5.75 Å². The van der Waals surface area contributed by atoms with Gasteiger partial charge in [-0.2, -0.15) is 0 Å². The van der Waals surface area contributed by atoms with Gasteiger partial charge in [0.2, 0.25) is 5.91 Å². The summed E-state index contributed by atoms with van der Waals surface area (Å²) in [6.07, 6.45) is 7.26. The fourth-order valence-electron chi connectivity index (χ4n) is 5.21. The second-order valence-electron chi connectivity index (χ2n) is 10.3. The Hall–Kier alpha value is -3.52. The number of carbonyl (C=O) groups excluding carboxylic acids is 4. The molecule has 8 nitrogen and oxygen atoms in total. The molecule has 1 aromatic rings. The summed E-state index contributed by atoms with van der Waals surface area (Å²) in [4.78, 5) is 52.6. The Labute approximate surface area is 216 Å². The van der Waals surface area contributed by atoms with E-state index >= 15 is 0 Å². The zero-order valence-corrected chi connectivity index (χ0v) is 21.8. The Morgan fingerprint density at radius 3 is 2.49 bits per heavy atom. The van der Waals surface area contributed by atoms with Crippen molar-refractivity contribution in [1.29, 1.82) is 0 Å².